The lowest BCUT2D eigenvalue weighted by Gasteiger charge is -2.26. The molecule has 0 unspecified atom stereocenters. The van der Waals surface area contributed by atoms with Crippen molar-refractivity contribution >= 4 is 17.7 Å². The highest BCUT2D eigenvalue weighted by molar-refractivity contribution is 7.98. The van der Waals surface area contributed by atoms with Gasteiger partial charge >= 0.3 is 0 Å². The smallest absolute Gasteiger partial charge is 0.237 e. The molecule has 4 heteroatoms. The first-order valence-electron chi connectivity index (χ1n) is 6.42. The molecule has 0 heterocycles. The second-order valence-corrected chi connectivity index (χ2v) is 6.72. The predicted molar refractivity (Wildman–Crippen MR) is 82.2 cm³/mol. The van der Waals surface area contributed by atoms with Crippen molar-refractivity contribution in [3.63, 3.8) is 0 Å². The van der Waals surface area contributed by atoms with Crippen LogP contribution in [0.4, 0.5) is 0 Å². The monoisotopic (exact) mass is 280 g/mol. The highest BCUT2D eigenvalue weighted by atomic mass is 32.2. The summed E-state index contributed by atoms with van der Waals surface area (Å²) in [6.45, 7) is 8.50. The van der Waals surface area contributed by atoms with Gasteiger partial charge in [0.05, 0.1) is 6.04 Å². The summed E-state index contributed by atoms with van der Waals surface area (Å²) in [5.74, 6) is -0.0971. The molecule has 0 aliphatic heterocycles. The van der Waals surface area contributed by atoms with Crippen LogP contribution in [-0.4, -0.2) is 18.2 Å². The summed E-state index contributed by atoms with van der Waals surface area (Å²) in [5.41, 5.74) is 8.07. The molecule has 19 heavy (non-hydrogen) atoms. The van der Waals surface area contributed by atoms with E-state index in [-0.39, 0.29) is 11.3 Å². The summed E-state index contributed by atoms with van der Waals surface area (Å²) >= 11 is 1.69. The Balaban J connectivity index is 2.70. The molecule has 0 fully saturated rings. The molecule has 0 bridgehead atoms. The standard InChI is InChI=1S/C15H24N2OS/c1-10-6-7-11(12(8-10)19-5)9-17-14(18)13(16)15(2,3)4/h6-8,13H,9,16H2,1-5H3,(H,17,18)/t13-/m1/s1. The first kappa shape index (κ1) is 16.1. The quantitative estimate of drug-likeness (QED) is 0.834. The van der Waals surface area contributed by atoms with E-state index in [1.807, 2.05) is 27.0 Å². The fraction of sp³-hybridized carbons (Fsp3) is 0.533. The van der Waals surface area contributed by atoms with Gasteiger partial charge in [-0.15, -0.1) is 11.8 Å². The van der Waals surface area contributed by atoms with Crippen LogP contribution >= 0.6 is 11.8 Å². The van der Waals surface area contributed by atoms with Gasteiger partial charge in [-0.3, -0.25) is 4.79 Å². The molecule has 0 aromatic heterocycles. The molecule has 1 rings (SSSR count). The van der Waals surface area contributed by atoms with E-state index in [2.05, 4.69) is 30.4 Å². The van der Waals surface area contributed by atoms with E-state index in [1.165, 1.54) is 10.5 Å². The molecule has 0 radical (unpaired) electrons. The van der Waals surface area contributed by atoms with Gasteiger partial charge in [0.1, 0.15) is 0 Å². The summed E-state index contributed by atoms with van der Waals surface area (Å²) in [6, 6.07) is 5.76. The summed E-state index contributed by atoms with van der Waals surface area (Å²) in [4.78, 5) is 13.2. The number of hydrogen-bond donors (Lipinski definition) is 2. The largest absolute Gasteiger partial charge is 0.351 e. The normalized spacial score (nSPS) is 13.2. The van der Waals surface area contributed by atoms with Gasteiger partial charge in [0.2, 0.25) is 5.91 Å². The van der Waals surface area contributed by atoms with E-state index in [0.29, 0.717) is 6.54 Å². The van der Waals surface area contributed by atoms with Gasteiger partial charge < -0.3 is 11.1 Å². The molecule has 0 saturated carbocycles. The summed E-state index contributed by atoms with van der Waals surface area (Å²) < 4.78 is 0. The Labute approximate surface area is 120 Å². The minimum absolute atomic E-state index is 0.0971. The average Bonchev–Trinajstić information content (AvgIpc) is 2.34. The maximum absolute atomic E-state index is 12.0. The maximum atomic E-state index is 12.0. The maximum Gasteiger partial charge on any atom is 0.237 e. The first-order valence-corrected chi connectivity index (χ1v) is 7.65. The summed E-state index contributed by atoms with van der Waals surface area (Å²) in [6.07, 6.45) is 2.04. The molecule has 0 spiro atoms. The number of benzene rings is 1. The topological polar surface area (TPSA) is 55.1 Å². The minimum atomic E-state index is -0.490. The van der Waals surface area contributed by atoms with Crippen molar-refractivity contribution in [2.75, 3.05) is 6.26 Å². The molecule has 0 saturated heterocycles. The van der Waals surface area contributed by atoms with Crippen LogP contribution < -0.4 is 11.1 Å². The van der Waals surface area contributed by atoms with E-state index in [0.717, 1.165) is 5.56 Å². The number of carbonyl (C=O) groups excluding carboxylic acids is 1. The third-order valence-electron chi connectivity index (χ3n) is 3.11. The lowest BCUT2D eigenvalue weighted by atomic mass is 9.87. The minimum Gasteiger partial charge on any atom is -0.351 e. The molecule has 3 nitrogen and oxygen atoms in total. The molecule has 3 N–H and O–H groups in total. The molecule has 0 aliphatic rings. The van der Waals surface area contributed by atoms with E-state index in [1.54, 1.807) is 11.8 Å². The van der Waals surface area contributed by atoms with E-state index < -0.39 is 6.04 Å². The number of nitrogens with one attached hydrogen (secondary N) is 1. The van der Waals surface area contributed by atoms with Crippen LogP contribution in [0.1, 0.15) is 31.9 Å². The Hall–Kier alpha value is -1.00. The highest BCUT2D eigenvalue weighted by Crippen LogP contribution is 2.22. The van der Waals surface area contributed by atoms with Crippen LogP contribution in [0.15, 0.2) is 23.1 Å². The first-order chi connectivity index (χ1) is 8.75. The third kappa shape index (κ3) is 4.55. The van der Waals surface area contributed by atoms with Gasteiger partial charge in [0.25, 0.3) is 0 Å². The second kappa shape index (κ2) is 6.44. The molecule has 0 aliphatic carbocycles. The Morgan fingerprint density at radius 3 is 2.58 bits per heavy atom. The van der Waals surface area contributed by atoms with Gasteiger partial charge in [-0.1, -0.05) is 32.9 Å². The van der Waals surface area contributed by atoms with Gasteiger partial charge in [-0.05, 0) is 35.8 Å². The zero-order valence-electron chi connectivity index (χ0n) is 12.4. The molecule has 106 valence electrons. The molecule has 1 aromatic carbocycles. The van der Waals surface area contributed by atoms with Gasteiger partial charge in [0.15, 0.2) is 0 Å². The number of amides is 1. The van der Waals surface area contributed by atoms with Crippen molar-refractivity contribution in [3.8, 4) is 0 Å². The van der Waals surface area contributed by atoms with Crippen molar-refractivity contribution in [3.05, 3.63) is 29.3 Å². The summed E-state index contributed by atoms with van der Waals surface area (Å²) in [5, 5.41) is 2.92. The van der Waals surface area contributed by atoms with Crippen molar-refractivity contribution in [2.24, 2.45) is 11.1 Å². The molecule has 1 amide bonds. The average molecular weight is 280 g/mol. The Morgan fingerprint density at radius 2 is 2.05 bits per heavy atom. The zero-order chi connectivity index (χ0) is 14.6. The highest BCUT2D eigenvalue weighted by Gasteiger charge is 2.27. The SMILES string of the molecule is CSc1cc(C)ccc1CNC(=O)[C@@H](N)C(C)(C)C. The number of carbonyl (C=O) groups is 1. The zero-order valence-corrected chi connectivity index (χ0v) is 13.2. The third-order valence-corrected chi connectivity index (χ3v) is 3.93. The fourth-order valence-electron chi connectivity index (χ4n) is 1.68. The predicted octanol–water partition coefficient (Wildman–Crippen LogP) is 2.71. The van der Waals surface area contributed by atoms with Crippen LogP contribution in [0, 0.1) is 12.3 Å². The van der Waals surface area contributed by atoms with Crippen molar-refractivity contribution in [1.29, 1.82) is 0 Å². The number of rotatable bonds is 4. The van der Waals surface area contributed by atoms with E-state index in [9.17, 15) is 4.79 Å². The number of hydrogen-bond acceptors (Lipinski definition) is 3. The van der Waals surface area contributed by atoms with E-state index >= 15 is 0 Å². The Kier molecular flexibility index (Phi) is 5.44. The summed E-state index contributed by atoms with van der Waals surface area (Å²) in [7, 11) is 0. The van der Waals surface area contributed by atoms with Crippen molar-refractivity contribution in [2.45, 2.75) is 45.2 Å². The van der Waals surface area contributed by atoms with E-state index in [4.69, 9.17) is 5.73 Å². The van der Waals surface area contributed by atoms with Gasteiger partial charge in [-0.25, -0.2) is 0 Å². The van der Waals surface area contributed by atoms with Crippen LogP contribution in [0.2, 0.25) is 0 Å². The van der Waals surface area contributed by atoms with Crippen LogP contribution in [0.25, 0.3) is 0 Å². The van der Waals surface area contributed by atoms with Crippen molar-refractivity contribution in [1.82, 2.24) is 5.32 Å². The lowest BCUT2D eigenvalue weighted by molar-refractivity contribution is -0.124. The van der Waals surface area contributed by atoms with Crippen LogP contribution in [0.5, 0.6) is 0 Å². The van der Waals surface area contributed by atoms with Crippen LogP contribution in [-0.2, 0) is 11.3 Å². The Morgan fingerprint density at radius 1 is 1.42 bits per heavy atom. The number of nitrogens with two attached hydrogens (primary N) is 1. The number of thioether (sulfide) groups is 1. The van der Waals surface area contributed by atoms with Crippen LogP contribution in [0.3, 0.4) is 0 Å². The second-order valence-electron chi connectivity index (χ2n) is 5.88. The molecule has 1 aromatic rings. The molecular weight excluding hydrogens is 256 g/mol. The fourth-order valence-corrected chi connectivity index (χ4v) is 2.39. The number of aryl methyl sites for hydroxylation is 1. The molecule has 1 atom stereocenters. The van der Waals surface area contributed by atoms with Crippen molar-refractivity contribution < 1.29 is 4.79 Å². The Bertz CT molecular complexity index is 452. The lowest BCUT2D eigenvalue weighted by Crippen LogP contribution is -2.48. The van der Waals surface area contributed by atoms with Gasteiger partial charge in [0, 0.05) is 11.4 Å². The molecular formula is C15H24N2OS. The van der Waals surface area contributed by atoms with Gasteiger partial charge in [-0.2, -0.15) is 0 Å².